The van der Waals surface area contributed by atoms with Gasteiger partial charge in [0.1, 0.15) is 92.1 Å². The summed E-state index contributed by atoms with van der Waals surface area (Å²) in [6.45, 7) is 13.6. The summed E-state index contributed by atoms with van der Waals surface area (Å²) in [5.41, 5.74) is 2.05. The molecule has 8 aliphatic rings. The predicted molar refractivity (Wildman–Crippen MR) is 512 cm³/mol. The van der Waals surface area contributed by atoms with Crippen molar-refractivity contribution >= 4 is 128 Å². The van der Waals surface area contributed by atoms with Crippen LogP contribution in [0.5, 0.6) is 23.0 Å². The van der Waals surface area contributed by atoms with E-state index < -0.39 is 138 Å². The zero-order chi connectivity index (χ0) is 95.2. The Morgan fingerprint density at radius 3 is 1.37 bits per heavy atom. The summed E-state index contributed by atoms with van der Waals surface area (Å²) in [6, 6.07) is 15.4. The van der Waals surface area contributed by atoms with Gasteiger partial charge >= 0.3 is 11.9 Å². The van der Waals surface area contributed by atoms with Gasteiger partial charge < -0.3 is 58.3 Å². The van der Waals surface area contributed by atoms with E-state index in [9.17, 15) is 19.0 Å². The number of ether oxygens (including phenoxy) is 6. The van der Waals surface area contributed by atoms with Gasteiger partial charge in [-0.25, -0.2) is 37.5 Å². The van der Waals surface area contributed by atoms with Crippen LogP contribution in [-0.4, -0.2) is 163 Å². The van der Waals surface area contributed by atoms with E-state index in [1.807, 2.05) is 76.6 Å². The van der Waals surface area contributed by atoms with Crippen LogP contribution in [0, 0.1) is 58.8 Å². The standard InChI is InChI=1S/C51H62ClF2N4O8PS.C49H58ClF2N4O8PS/c1-6-64-67(62,28-37-38(53)18-13-19-39(37)54)51-25-32(51)15-10-8-7-9-14-31(4)36(23-46(60)66-33-16-11-12-17-33)49(61)58-27-34(22-42(58)43(59)26-51)65-45-24-40(41-29-68-50(57-41)55-30(2)3)56-48-35(45)20-21-44(63-5)47(48)52;1-28(2)53-48-55-39(27-66-48)38-22-43(33-18-19-42(62-4)45(50)46(33)54-38)63-32-20-40-41(57)24-49(65(60,61)26-35-36(51)16-11-17-37(35)52)23-30(49)13-8-6-5-7-12-29(3)34(47(59)56(40)25-32)21-44(58)64-31-14-9-10-15-31/h10,13,15,18-21,24,29-34,36,42H,6-9,11-12,14,16-17,22-23,25-28H2,1-5H3,(H,55,57);8,11,13,16-19,22,27-32,34,40H,5-7,9-10,12,14-15,20-21,23-26H2,1-4H3,(H,53,55)(H,60,61)/b15-10-;13-8-/t31-,32-,34-,36+,42+,51-,67?;29-,30-,32-,34+,40+,49-/m11/s1. The molecule has 3 N–H and O–H groups in total. The van der Waals surface area contributed by atoms with Crippen LogP contribution in [0.2, 0.25) is 10.0 Å². The summed E-state index contributed by atoms with van der Waals surface area (Å²) in [4.78, 5) is 122. The summed E-state index contributed by atoms with van der Waals surface area (Å²) >= 11 is 16.7. The molecule has 6 fully saturated rings. The third-order valence-electron chi connectivity index (χ3n) is 27.9. The van der Waals surface area contributed by atoms with E-state index in [0.29, 0.717) is 110 Å². The molecule has 34 heteroatoms. The van der Waals surface area contributed by atoms with Gasteiger partial charge in [0.2, 0.25) is 26.6 Å². The van der Waals surface area contributed by atoms with Crippen molar-refractivity contribution in [3.05, 3.63) is 152 Å². The van der Waals surface area contributed by atoms with Gasteiger partial charge in [-0.2, -0.15) is 0 Å². The van der Waals surface area contributed by atoms with Crippen molar-refractivity contribution < 1.29 is 93.3 Å². The quantitative estimate of drug-likeness (QED) is 0.0196. The number of nitrogens with one attached hydrogen (secondary N) is 2. The van der Waals surface area contributed by atoms with Crippen molar-refractivity contribution in [3.63, 3.8) is 0 Å². The first-order valence-electron chi connectivity index (χ1n) is 47.1. The van der Waals surface area contributed by atoms with E-state index >= 15 is 41.3 Å². The Labute approximate surface area is 797 Å². The largest absolute Gasteiger partial charge is 0.495 e. The molecule has 2 amide bonds. The molecule has 4 aromatic carbocycles. The number of anilines is 2. The average molecular weight is 1960 g/mol. The molecule has 0 radical (unpaired) electrons. The predicted octanol–water partition coefficient (Wildman–Crippen LogP) is 22.9. The van der Waals surface area contributed by atoms with E-state index in [1.165, 1.54) is 53.9 Å². The minimum Gasteiger partial charge on any atom is -0.495 e. The van der Waals surface area contributed by atoms with Crippen molar-refractivity contribution in [1.29, 1.82) is 0 Å². The number of hydrogen-bond donors (Lipinski definition) is 3. The molecule has 4 aromatic heterocycles. The number of hydrogen-bond acceptors (Lipinski definition) is 23. The molecule has 2 unspecified atom stereocenters. The highest BCUT2D eigenvalue weighted by atomic mass is 35.5. The van der Waals surface area contributed by atoms with Gasteiger partial charge in [0, 0.05) is 82.6 Å². The van der Waals surface area contributed by atoms with E-state index in [1.54, 1.807) is 48.2 Å². The lowest BCUT2D eigenvalue weighted by molar-refractivity contribution is -0.155. The van der Waals surface area contributed by atoms with E-state index in [2.05, 4.69) is 10.6 Å². The number of amides is 2. The first kappa shape index (κ1) is 99.6. The van der Waals surface area contributed by atoms with E-state index in [-0.39, 0.29) is 128 Å². The van der Waals surface area contributed by atoms with Crippen molar-refractivity contribution in [2.45, 2.75) is 274 Å². The highest BCUT2D eigenvalue weighted by molar-refractivity contribution is 7.60. The monoisotopic (exact) mass is 1960 g/mol. The summed E-state index contributed by atoms with van der Waals surface area (Å²) in [7, 11) is -5.50. The smallest absolute Gasteiger partial charge is 0.306 e. The zero-order valence-corrected chi connectivity index (χ0v) is 82.1. The van der Waals surface area contributed by atoms with Crippen molar-refractivity contribution in [2.24, 2.45) is 35.5 Å². The Morgan fingerprint density at radius 1 is 0.545 bits per heavy atom. The number of pyridine rings is 2. The lowest BCUT2D eigenvalue weighted by atomic mass is 9.85. The maximum atomic E-state index is 15.4. The number of esters is 2. The van der Waals surface area contributed by atoms with Crippen molar-refractivity contribution in [3.8, 4) is 45.8 Å². The number of allylic oxidation sites excluding steroid dienone is 4. The number of nitrogens with zero attached hydrogens (tertiary/aromatic N) is 6. The molecule has 24 nitrogen and oxygen atoms in total. The second-order valence-electron chi connectivity index (χ2n) is 38.0. The second-order valence-corrected chi connectivity index (χ2v) is 45.9. The van der Waals surface area contributed by atoms with Crippen molar-refractivity contribution in [2.75, 3.05) is 44.5 Å². The Kier molecular flexibility index (Phi) is 32.0. The first-order valence-corrected chi connectivity index (χ1v) is 53.3. The van der Waals surface area contributed by atoms with E-state index in [4.69, 9.17) is 76.1 Å². The molecule has 134 heavy (non-hydrogen) atoms. The Bertz CT molecular complexity index is 5800. The van der Waals surface area contributed by atoms with Crippen LogP contribution in [-0.2, 0) is 64.2 Å². The average Bonchev–Trinajstić information content (AvgIpc) is 1.55. The molecule has 0 spiro atoms. The highest BCUT2D eigenvalue weighted by Gasteiger charge is 2.68. The molecule has 14 atom stereocenters. The van der Waals surface area contributed by atoms with Gasteiger partial charge in [0.05, 0.1) is 116 Å². The van der Waals surface area contributed by atoms with Crippen LogP contribution in [0.4, 0.5) is 27.8 Å². The third-order valence-corrected chi connectivity index (χ3v) is 36.5. The molecular formula is C100H120Cl2F4N8O16P2S2. The molecular weight excluding hydrogens is 1840 g/mol. The second kappa shape index (κ2) is 43.0. The molecule has 4 aliphatic heterocycles. The van der Waals surface area contributed by atoms with Gasteiger partial charge in [-0.05, 0) is 210 Å². The lowest BCUT2D eigenvalue weighted by Crippen LogP contribution is -2.46. The summed E-state index contributed by atoms with van der Waals surface area (Å²) < 4.78 is 133. The van der Waals surface area contributed by atoms with Crippen LogP contribution in [0.15, 0.2) is 108 Å². The van der Waals surface area contributed by atoms with Crippen LogP contribution in [0.1, 0.15) is 214 Å². The number of rotatable bonds is 26. The molecule has 8 heterocycles. The number of halogens is 6. The minimum atomic E-state index is -4.50. The summed E-state index contributed by atoms with van der Waals surface area (Å²) in [5, 5.41) is 10.7. The number of benzene rings is 4. The highest BCUT2D eigenvalue weighted by Crippen LogP contribution is 2.77. The maximum Gasteiger partial charge on any atom is 0.306 e. The first-order chi connectivity index (χ1) is 64.2. The number of aromatic nitrogens is 4. The number of Topliss-reactive ketones (excluding diaryl/α,β-unsaturated/α-hetero) is 2. The molecule has 0 bridgehead atoms. The Morgan fingerprint density at radius 2 is 0.948 bits per heavy atom. The molecule has 720 valence electrons. The van der Waals surface area contributed by atoms with Gasteiger partial charge in [0.25, 0.3) is 0 Å². The Hall–Kier alpha value is -8.86. The normalized spacial score (nSPS) is 26.3. The van der Waals surface area contributed by atoms with Gasteiger partial charge in [-0.15, -0.1) is 22.7 Å². The fourth-order valence-corrected chi connectivity index (χ4v) is 28.5. The summed E-state index contributed by atoms with van der Waals surface area (Å²) in [6.07, 6.45) is 16.9. The molecule has 8 aromatic rings. The minimum absolute atomic E-state index is 0.00177. The zero-order valence-electron chi connectivity index (χ0n) is 77.2. The SMILES string of the molecule is CCOP(=O)(Cc1c(F)cccc1F)[C@]12CC(=O)[C@@H]3C[C@@H](Oc4cc(-c5csc(NC(C)C)n5)nc5c(Cl)c(OC)ccc45)CN3C(=O)[C@@H](CC(=O)OC3CCCC3)[C@H](C)CCCC/C=C\[C@@H]1C2.COc1ccc2c(O[C@@H]3C[C@H]4C(=O)C[C@]5(P(=O)(O)Cc6c(F)cccc6F)C[C@H]5/C=C\CCCC[C@@H](C)[C@H](CC(=O)OC5CCCC5)C(=O)N4C3)cc(-c3csc(NC(C)C)n3)nc2c1Cl. The van der Waals surface area contributed by atoms with E-state index in [0.717, 1.165) is 101 Å². The van der Waals surface area contributed by atoms with Gasteiger partial charge in [0.15, 0.2) is 21.8 Å². The van der Waals surface area contributed by atoms with Crippen LogP contribution >= 0.6 is 60.6 Å². The Balaban J connectivity index is 0.000000204. The fourth-order valence-electron chi connectivity index (χ4n) is 20.4. The maximum absolute atomic E-state index is 15.4. The number of carbonyl (C=O) groups excluding carboxylic acids is 6. The number of thiazole rings is 2. The number of methoxy groups -OCH3 is 2. The van der Waals surface area contributed by atoms with Crippen LogP contribution < -0.4 is 29.6 Å². The molecule has 2 saturated heterocycles. The number of fused-ring (bicyclic) bond motifs is 6. The molecule has 16 rings (SSSR count). The number of carbonyl (C=O) groups is 6. The van der Waals surface area contributed by atoms with Crippen molar-refractivity contribution in [1.82, 2.24) is 29.7 Å². The molecule has 4 saturated carbocycles. The van der Waals surface area contributed by atoms with Crippen LogP contribution in [0.25, 0.3) is 44.6 Å². The van der Waals surface area contributed by atoms with Gasteiger partial charge in [-0.3, -0.25) is 37.9 Å². The molecule has 4 aliphatic carbocycles. The van der Waals surface area contributed by atoms with Gasteiger partial charge in [-0.1, -0.05) is 86.3 Å². The third kappa shape index (κ3) is 22.3. The summed E-state index contributed by atoms with van der Waals surface area (Å²) in [5.74, 6) is -7.43. The fraction of sp³-hybridized carbons (Fsp3) is 0.540. The van der Waals surface area contributed by atoms with Crippen LogP contribution in [0.3, 0.4) is 0 Å². The lowest BCUT2D eigenvalue weighted by Gasteiger charge is -2.33. The topological polar surface area (TPSA) is 303 Å². The number of ketones is 2.